The topological polar surface area (TPSA) is 93.2 Å². The first-order valence-electron chi connectivity index (χ1n) is 10.0. The molecule has 10 heteroatoms. The molecule has 0 spiro atoms. The molecular formula is C21H34F2N4O4. The molecule has 0 fully saturated rings. The molecule has 0 radical (unpaired) electrons. The number of guanidine groups is 1. The Labute approximate surface area is 182 Å². The van der Waals surface area contributed by atoms with Crippen LogP contribution < -0.4 is 25.4 Å². The number of ether oxygens (including phenoxy) is 3. The Kier molecular flexibility index (Phi) is 9.80. The molecule has 0 bridgehead atoms. The highest BCUT2D eigenvalue weighted by molar-refractivity contribution is 5.80. The van der Waals surface area contributed by atoms with Gasteiger partial charge >= 0.3 is 12.7 Å². The van der Waals surface area contributed by atoms with Crippen LogP contribution >= 0.6 is 0 Å². The minimum atomic E-state index is -2.95. The average molecular weight is 445 g/mol. The zero-order valence-electron chi connectivity index (χ0n) is 19.3. The van der Waals surface area contributed by atoms with E-state index in [4.69, 9.17) is 9.47 Å². The van der Waals surface area contributed by atoms with E-state index >= 15 is 0 Å². The Morgan fingerprint density at radius 1 is 1.13 bits per heavy atom. The van der Waals surface area contributed by atoms with E-state index in [1.165, 1.54) is 13.2 Å². The number of amides is 1. The van der Waals surface area contributed by atoms with Crippen molar-refractivity contribution in [3.8, 4) is 11.5 Å². The fraction of sp³-hybridized carbons (Fsp3) is 0.619. The minimum Gasteiger partial charge on any atom is -0.493 e. The monoisotopic (exact) mass is 444 g/mol. The number of carbonyl (C=O) groups is 1. The lowest BCUT2D eigenvalue weighted by Gasteiger charge is -2.29. The van der Waals surface area contributed by atoms with E-state index in [1.54, 1.807) is 32.9 Å². The van der Waals surface area contributed by atoms with Crippen molar-refractivity contribution in [1.29, 1.82) is 0 Å². The lowest BCUT2D eigenvalue weighted by molar-refractivity contribution is -0.0512. The average Bonchev–Trinajstić information content (AvgIpc) is 2.61. The number of hydrogen-bond donors (Lipinski definition) is 3. The summed E-state index contributed by atoms with van der Waals surface area (Å²) in [6, 6.07) is 4.74. The van der Waals surface area contributed by atoms with E-state index in [9.17, 15) is 13.6 Å². The normalized spacial score (nSPS) is 12.4. The molecule has 1 aromatic carbocycles. The predicted molar refractivity (Wildman–Crippen MR) is 116 cm³/mol. The molecule has 0 atom stereocenters. The molecule has 8 nitrogen and oxygen atoms in total. The van der Waals surface area contributed by atoms with Gasteiger partial charge in [0, 0.05) is 13.1 Å². The molecule has 0 aliphatic carbocycles. The summed E-state index contributed by atoms with van der Waals surface area (Å²) < 4.78 is 40.1. The smallest absolute Gasteiger partial charge is 0.408 e. The number of carbonyl (C=O) groups excluding carboxylic acids is 1. The third-order valence-electron chi connectivity index (χ3n) is 3.75. The first kappa shape index (κ1) is 26.3. The molecule has 176 valence electrons. The zero-order valence-corrected chi connectivity index (χ0v) is 19.3. The van der Waals surface area contributed by atoms with Gasteiger partial charge < -0.3 is 30.2 Å². The molecule has 1 amide bonds. The van der Waals surface area contributed by atoms with Crippen molar-refractivity contribution in [1.82, 2.24) is 16.0 Å². The first-order valence-corrected chi connectivity index (χ1v) is 10.0. The van der Waals surface area contributed by atoms with Crippen molar-refractivity contribution in [2.24, 2.45) is 4.99 Å². The van der Waals surface area contributed by atoms with Gasteiger partial charge in [-0.1, -0.05) is 6.07 Å². The van der Waals surface area contributed by atoms with Crippen LogP contribution in [0.5, 0.6) is 11.5 Å². The quantitative estimate of drug-likeness (QED) is 0.398. The van der Waals surface area contributed by atoms with Gasteiger partial charge in [0.2, 0.25) is 0 Å². The van der Waals surface area contributed by atoms with Gasteiger partial charge in [-0.3, -0.25) is 0 Å². The summed E-state index contributed by atoms with van der Waals surface area (Å²) in [6.07, 6.45) is -0.508. The molecule has 1 rings (SSSR count). The predicted octanol–water partition coefficient (Wildman–Crippen LogP) is 3.66. The second-order valence-electron chi connectivity index (χ2n) is 8.42. The Hall–Kier alpha value is -2.78. The lowest BCUT2D eigenvalue weighted by atomic mass is 10.1. The van der Waals surface area contributed by atoms with Gasteiger partial charge in [-0.2, -0.15) is 8.78 Å². The number of hydrogen-bond acceptors (Lipinski definition) is 5. The summed E-state index contributed by atoms with van der Waals surface area (Å²) in [7, 11) is 1.38. The highest BCUT2D eigenvalue weighted by Gasteiger charge is 2.24. The Morgan fingerprint density at radius 3 is 2.35 bits per heavy atom. The van der Waals surface area contributed by atoms with Gasteiger partial charge in [0.15, 0.2) is 17.5 Å². The number of rotatable bonds is 9. The number of nitrogens with one attached hydrogen (secondary N) is 3. The van der Waals surface area contributed by atoms with E-state index in [0.717, 1.165) is 0 Å². The highest BCUT2D eigenvalue weighted by Crippen LogP contribution is 2.29. The summed E-state index contributed by atoms with van der Waals surface area (Å²) in [5.41, 5.74) is -0.536. The number of alkyl halides is 2. The van der Waals surface area contributed by atoms with Crippen LogP contribution in [-0.4, -0.2) is 50.0 Å². The van der Waals surface area contributed by atoms with Crippen molar-refractivity contribution in [3.63, 3.8) is 0 Å². The number of nitrogens with zero attached hydrogens (tertiary/aromatic N) is 1. The zero-order chi connectivity index (χ0) is 23.7. The van der Waals surface area contributed by atoms with E-state index in [-0.39, 0.29) is 18.0 Å². The van der Waals surface area contributed by atoms with Crippen LogP contribution in [0.2, 0.25) is 0 Å². The summed E-state index contributed by atoms with van der Waals surface area (Å²) >= 11 is 0. The SMILES string of the molecule is CCNC(=NCc1ccc(OC)c(OC(F)F)c1)NCC(C)(C)NC(=O)OC(C)(C)C. The maximum absolute atomic E-state index is 12.6. The van der Waals surface area contributed by atoms with Crippen molar-refractivity contribution in [3.05, 3.63) is 23.8 Å². The van der Waals surface area contributed by atoms with E-state index in [2.05, 4.69) is 25.7 Å². The molecule has 0 saturated carbocycles. The van der Waals surface area contributed by atoms with Gasteiger partial charge in [-0.15, -0.1) is 0 Å². The number of halogens is 2. The summed E-state index contributed by atoms with van der Waals surface area (Å²) in [6.45, 7) is 9.28. The Balaban J connectivity index is 2.80. The van der Waals surface area contributed by atoms with Gasteiger partial charge in [-0.25, -0.2) is 9.79 Å². The van der Waals surface area contributed by atoms with Crippen molar-refractivity contribution in [2.45, 2.75) is 65.8 Å². The first-order chi connectivity index (χ1) is 14.3. The van der Waals surface area contributed by atoms with Crippen LogP contribution in [0.1, 0.15) is 47.1 Å². The standard InChI is InChI=1S/C21H34F2N4O4/c1-8-24-18(26-13-21(5,6)27-19(28)31-20(2,3)4)25-12-14-9-10-15(29-7)16(11-14)30-17(22)23/h9-11,17H,8,12-13H2,1-7H3,(H,27,28)(H2,24,25,26). The summed E-state index contributed by atoms with van der Waals surface area (Å²) in [5.74, 6) is 0.674. The molecule has 0 unspecified atom stereocenters. The van der Waals surface area contributed by atoms with Gasteiger partial charge in [-0.05, 0) is 59.2 Å². The van der Waals surface area contributed by atoms with Crippen LogP contribution in [0.4, 0.5) is 13.6 Å². The van der Waals surface area contributed by atoms with E-state index in [0.29, 0.717) is 24.6 Å². The van der Waals surface area contributed by atoms with Crippen molar-refractivity contribution < 1.29 is 27.8 Å². The molecule has 0 aliphatic heterocycles. The minimum absolute atomic E-state index is 0.0501. The fourth-order valence-electron chi connectivity index (χ4n) is 2.45. The molecule has 31 heavy (non-hydrogen) atoms. The number of benzene rings is 1. The van der Waals surface area contributed by atoms with Crippen molar-refractivity contribution >= 4 is 12.1 Å². The van der Waals surface area contributed by atoms with Crippen LogP contribution in [0.15, 0.2) is 23.2 Å². The van der Waals surface area contributed by atoms with E-state index < -0.39 is 23.8 Å². The van der Waals surface area contributed by atoms with Gasteiger partial charge in [0.25, 0.3) is 0 Å². The molecule has 0 aromatic heterocycles. The molecule has 0 saturated heterocycles. The Bertz CT molecular complexity index is 749. The van der Waals surface area contributed by atoms with Crippen molar-refractivity contribution in [2.75, 3.05) is 20.2 Å². The van der Waals surface area contributed by atoms with Crippen LogP contribution in [0, 0.1) is 0 Å². The van der Waals surface area contributed by atoms with E-state index in [1.807, 2.05) is 20.8 Å². The summed E-state index contributed by atoms with van der Waals surface area (Å²) in [5, 5.41) is 9.08. The fourth-order valence-corrected chi connectivity index (χ4v) is 2.45. The maximum Gasteiger partial charge on any atom is 0.408 e. The molecule has 3 N–H and O–H groups in total. The number of methoxy groups -OCH3 is 1. The molecule has 1 aromatic rings. The number of aliphatic imine (C=N–C) groups is 1. The number of alkyl carbamates (subject to hydrolysis) is 1. The lowest BCUT2D eigenvalue weighted by Crippen LogP contribution is -2.54. The molecular weight excluding hydrogens is 410 g/mol. The second-order valence-corrected chi connectivity index (χ2v) is 8.42. The van der Waals surface area contributed by atoms with Gasteiger partial charge in [0.05, 0.1) is 19.2 Å². The highest BCUT2D eigenvalue weighted by atomic mass is 19.3. The summed E-state index contributed by atoms with van der Waals surface area (Å²) in [4.78, 5) is 16.5. The molecule has 0 heterocycles. The maximum atomic E-state index is 12.6. The third kappa shape index (κ3) is 10.7. The van der Waals surface area contributed by atoms with Crippen LogP contribution in [-0.2, 0) is 11.3 Å². The van der Waals surface area contributed by atoms with Crippen LogP contribution in [0.25, 0.3) is 0 Å². The largest absolute Gasteiger partial charge is 0.493 e. The third-order valence-corrected chi connectivity index (χ3v) is 3.75. The van der Waals surface area contributed by atoms with Gasteiger partial charge in [0.1, 0.15) is 5.60 Å². The Morgan fingerprint density at radius 2 is 1.81 bits per heavy atom. The molecule has 0 aliphatic rings. The second kappa shape index (κ2) is 11.6. The van der Waals surface area contributed by atoms with Crippen LogP contribution in [0.3, 0.4) is 0 Å².